The number of carbonyl (C=O) groups is 2. The summed E-state index contributed by atoms with van der Waals surface area (Å²) in [5.41, 5.74) is 0.614. The van der Waals surface area contributed by atoms with Crippen molar-refractivity contribution in [3.8, 4) is 5.75 Å². The van der Waals surface area contributed by atoms with Crippen LogP contribution in [0.5, 0.6) is 5.75 Å². The topological polar surface area (TPSA) is 70.7 Å². The molecule has 0 radical (unpaired) electrons. The fourth-order valence-electron chi connectivity index (χ4n) is 1.98. The number of nitrogens with zero attached hydrogens (tertiary/aromatic N) is 1. The Morgan fingerprint density at radius 1 is 1.25 bits per heavy atom. The van der Waals surface area contributed by atoms with Gasteiger partial charge in [0, 0.05) is 35.6 Å². The number of urea groups is 1. The van der Waals surface area contributed by atoms with E-state index in [1.807, 2.05) is 19.1 Å². The molecule has 24 heavy (non-hydrogen) atoms. The van der Waals surface area contributed by atoms with Crippen molar-refractivity contribution in [2.75, 3.05) is 26.0 Å². The monoisotopic (exact) mass is 347 g/mol. The van der Waals surface area contributed by atoms with Gasteiger partial charge in [0.1, 0.15) is 5.75 Å². The Morgan fingerprint density at radius 3 is 2.71 bits per heavy atom. The highest BCUT2D eigenvalue weighted by atomic mass is 32.1. The molecule has 0 fully saturated rings. The number of rotatable bonds is 6. The number of benzene rings is 1. The summed E-state index contributed by atoms with van der Waals surface area (Å²) in [6.07, 6.45) is 0. The molecule has 0 aliphatic heterocycles. The maximum Gasteiger partial charge on any atom is 0.321 e. The first-order valence-corrected chi connectivity index (χ1v) is 8.30. The lowest BCUT2D eigenvalue weighted by atomic mass is 10.3. The number of anilines is 1. The minimum absolute atomic E-state index is 0.0640. The van der Waals surface area contributed by atoms with Gasteiger partial charge in [0.15, 0.2) is 6.61 Å². The van der Waals surface area contributed by atoms with E-state index in [0.29, 0.717) is 18.0 Å². The Kier molecular flexibility index (Phi) is 6.20. The van der Waals surface area contributed by atoms with Crippen molar-refractivity contribution >= 4 is 29.0 Å². The summed E-state index contributed by atoms with van der Waals surface area (Å²) in [7, 11) is 3.30. The standard InChI is InChI=1S/C17H21N3O3S/c1-12-7-8-15(24-12)10-20(3)17(22)19-13-5-4-6-14(9-13)23-11-16(21)18-2/h4-9H,10-11H2,1-3H3,(H,18,21)(H,19,22). The van der Waals surface area contributed by atoms with Crippen molar-refractivity contribution in [1.82, 2.24) is 10.2 Å². The molecule has 0 bridgehead atoms. The molecule has 2 aromatic rings. The molecule has 128 valence electrons. The number of likely N-dealkylation sites (N-methyl/N-ethyl adjacent to an activating group) is 1. The van der Waals surface area contributed by atoms with Crippen LogP contribution in [0.3, 0.4) is 0 Å². The van der Waals surface area contributed by atoms with Gasteiger partial charge in [-0.1, -0.05) is 6.07 Å². The third-order valence-electron chi connectivity index (χ3n) is 3.27. The van der Waals surface area contributed by atoms with E-state index in [1.54, 1.807) is 54.6 Å². The summed E-state index contributed by atoms with van der Waals surface area (Å²) in [6, 6.07) is 10.8. The molecule has 0 saturated heterocycles. The molecule has 6 nitrogen and oxygen atoms in total. The molecule has 0 saturated carbocycles. The van der Waals surface area contributed by atoms with E-state index in [-0.39, 0.29) is 18.5 Å². The number of carbonyl (C=O) groups excluding carboxylic acids is 2. The molecule has 0 spiro atoms. The number of aryl methyl sites for hydroxylation is 1. The van der Waals surface area contributed by atoms with Crippen LogP contribution in [0.4, 0.5) is 10.5 Å². The Labute approximate surface area is 145 Å². The van der Waals surface area contributed by atoms with Crippen LogP contribution in [-0.2, 0) is 11.3 Å². The largest absolute Gasteiger partial charge is 0.484 e. The zero-order chi connectivity index (χ0) is 17.5. The molecule has 3 amide bonds. The van der Waals surface area contributed by atoms with Gasteiger partial charge in [-0.05, 0) is 31.2 Å². The molecular formula is C17H21N3O3S. The average molecular weight is 347 g/mol. The second-order valence-corrected chi connectivity index (χ2v) is 6.66. The summed E-state index contributed by atoms with van der Waals surface area (Å²) in [5.74, 6) is 0.309. The first kappa shape index (κ1) is 17.8. The molecule has 1 heterocycles. The van der Waals surface area contributed by atoms with Crippen molar-refractivity contribution in [2.45, 2.75) is 13.5 Å². The number of nitrogens with one attached hydrogen (secondary N) is 2. The lowest BCUT2D eigenvalue weighted by Crippen LogP contribution is -2.30. The van der Waals surface area contributed by atoms with Gasteiger partial charge < -0.3 is 20.3 Å². The highest BCUT2D eigenvalue weighted by Crippen LogP contribution is 2.19. The van der Waals surface area contributed by atoms with Crippen LogP contribution < -0.4 is 15.4 Å². The van der Waals surface area contributed by atoms with Crippen LogP contribution in [-0.4, -0.2) is 37.5 Å². The molecule has 0 unspecified atom stereocenters. The van der Waals surface area contributed by atoms with Crippen molar-refractivity contribution in [3.05, 3.63) is 46.2 Å². The van der Waals surface area contributed by atoms with Gasteiger partial charge in [0.2, 0.25) is 0 Å². The summed E-state index contributed by atoms with van der Waals surface area (Å²) in [5, 5.41) is 5.30. The Morgan fingerprint density at radius 2 is 2.04 bits per heavy atom. The zero-order valence-corrected chi connectivity index (χ0v) is 14.8. The van der Waals surface area contributed by atoms with E-state index < -0.39 is 0 Å². The van der Waals surface area contributed by atoms with Crippen LogP contribution in [0.15, 0.2) is 36.4 Å². The van der Waals surface area contributed by atoms with Crippen molar-refractivity contribution < 1.29 is 14.3 Å². The van der Waals surface area contributed by atoms with E-state index in [9.17, 15) is 9.59 Å². The highest BCUT2D eigenvalue weighted by molar-refractivity contribution is 7.11. The molecule has 0 atom stereocenters. The fourth-order valence-corrected chi connectivity index (χ4v) is 2.92. The number of amides is 3. The summed E-state index contributed by atoms with van der Waals surface area (Å²) < 4.78 is 5.36. The molecule has 0 aliphatic rings. The van der Waals surface area contributed by atoms with Crippen LogP contribution in [0.2, 0.25) is 0 Å². The van der Waals surface area contributed by atoms with Crippen molar-refractivity contribution in [1.29, 1.82) is 0 Å². The van der Waals surface area contributed by atoms with Gasteiger partial charge in [0.05, 0.1) is 6.54 Å². The highest BCUT2D eigenvalue weighted by Gasteiger charge is 2.11. The van der Waals surface area contributed by atoms with Gasteiger partial charge in [-0.3, -0.25) is 4.79 Å². The van der Waals surface area contributed by atoms with E-state index >= 15 is 0 Å². The zero-order valence-electron chi connectivity index (χ0n) is 14.0. The molecule has 1 aromatic heterocycles. The Hall–Kier alpha value is -2.54. The summed E-state index contributed by atoms with van der Waals surface area (Å²) in [6.45, 7) is 2.53. The lowest BCUT2D eigenvalue weighted by molar-refractivity contribution is -0.122. The molecule has 0 aliphatic carbocycles. The second-order valence-electron chi connectivity index (χ2n) is 5.29. The molecule has 7 heteroatoms. The first-order chi connectivity index (χ1) is 11.5. The third kappa shape index (κ3) is 5.27. The van der Waals surface area contributed by atoms with Crippen molar-refractivity contribution in [3.63, 3.8) is 0 Å². The maximum atomic E-state index is 12.3. The fraction of sp³-hybridized carbons (Fsp3) is 0.294. The quantitative estimate of drug-likeness (QED) is 0.844. The van der Waals surface area contributed by atoms with Crippen LogP contribution in [0.25, 0.3) is 0 Å². The minimum Gasteiger partial charge on any atom is -0.484 e. The van der Waals surface area contributed by atoms with E-state index in [1.165, 1.54) is 4.88 Å². The summed E-state index contributed by atoms with van der Waals surface area (Å²) in [4.78, 5) is 27.4. The summed E-state index contributed by atoms with van der Waals surface area (Å²) >= 11 is 1.67. The molecule has 1 aromatic carbocycles. The van der Waals surface area contributed by atoms with Crippen LogP contribution >= 0.6 is 11.3 Å². The third-order valence-corrected chi connectivity index (χ3v) is 4.26. The minimum atomic E-state index is -0.213. The number of hydrogen-bond acceptors (Lipinski definition) is 4. The number of ether oxygens (including phenoxy) is 1. The maximum absolute atomic E-state index is 12.3. The van der Waals surface area contributed by atoms with Crippen LogP contribution in [0, 0.1) is 6.92 Å². The second kappa shape index (κ2) is 8.35. The predicted octanol–water partition coefficient (Wildman–Crippen LogP) is 2.85. The molecular weight excluding hydrogens is 326 g/mol. The predicted molar refractivity (Wildman–Crippen MR) is 95.5 cm³/mol. The van der Waals surface area contributed by atoms with Gasteiger partial charge in [-0.2, -0.15) is 0 Å². The van der Waals surface area contributed by atoms with Gasteiger partial charge in [-0.15, -0.1) is 11.3 Å². The van der Waals surface area contributed by atoms with E-state index in [2.05, 4.69) is 10.6 Å². The smallest absolute Gasteiger partial charge is 0.321 e. The van der Waals surface area contributed by atoms with E-state index in [0.717, 1.165) is 4.88 Å². The number of thiophene rings is 1. The molecule has 2 rings (SSSR count). The Balaban J connectivity index is 1.92. The Bertz CT molecular complexity index is 715. The molecule has 2 N–H and O–H groups in total. The lowest BCUT2D eigenvalue weighted by Gasteiger charge is -2.17. The normalized spacial score (nSPS) is 10.1. The van der Waals surface area contributed by atoms with Crippen molar-refractivity contribution in [2.24, 2.45) is 0 Å². The SMILES string of the molecule is CNC(=O)COc1cccc(NC(=O)N(C)Cc2ccc(C)s2)c1. The van der Waals surface area contributed by atoms with Crippen LogP contribution in [0.1, 0.15) is 9.75 Å². The van der Waals surface area contributed by atoms with E-state index in [4.69, 9.17) is 4.74 Å². The first-order valence-electron chi connectivity index (χ1n) is 7.49. The van der Waals surface area contributed by atoms with Gasteiger partial charge in [0.25, 0.3) is 5.91 Å². The average Bonchev–Trinajstić information content (AvgIpc) is 2.97. The van der Waals surface area contributed by atoms with Gasteiger partial charge in [-0.25, -0.2) is 4.79 Å². The van der Waals surface area contributed by atoms with Gasteiger partial charge >= 0.3 is 6.03 Å². The number of hydrogen-bond donors (Lipinski definition) is 2.